The summed E-state index contributed by atoms with van der Waals surface area (Å²) in [5, 5.41) is 3.19. The van der Waals surface area contributed by atoms with Crippen molar-refractivity contribution in [3.63, 3.8) is 0 Å². The predicted molar refractivity (Wildman–Crippen MR) is 117 cm³/mol. The SMILES string of the molecule is COc1ccc(NC(=O)COc2ccc(C(C)(C)c3ccccc3)cc2)cc1Cl. The van der Waals surface area contributed by atoms with E-state index in [4.69, 9.17) is 21.1 Å². The van der Waals surface area contributed by atoms with E-state index in [0.717, 1.165) is 0 Å². The van der Waals surface area contributed by atoms with Crippen LogP contribution in [0.2, 0.25) is 5.02 Å². The third-order valence-corrected chi connectivity index (χ3v) is 5.17. The van der Waals surface area contributed by atoms with E-state index in [9.17, 15) is 4.79 Å². The van der Waals surface area contributed by atoms with Gasteiger partial charge < -0.3 is 14.8 Å². The Hall–Kier alpha value is -2.98. The molecule has 0 aliphatic rings. The second-order valence-electron chi connectivity index (χ2n) is 7.20. The number of halogens is 1. The average Bonchev–Trinajstić information content (AvgIpc) is 2.73. The number of hydrogen-bond donors (Lipinski definition) is 1. The zero-order valence-electron chi connectivity index (χ0n) is 16.7. The number of hydrogen-bond acceptors (Lipinski definition) is 3. The Labute approximate surface area is 176 Å². The van der Waals surface area contributed by atoms with Gasteiger partial charge >= 0.3 is 0 Å². The minimum absolute atomic E-state index is 0.0922. The van der Waals surface area contributed by atoms with E-state index in [-0.39, 0.29) is 17.9 Å². The van der Waals surface area contributed by atoms with Gasteiger partial charge in [0.05, 0.1) is 12.1 Å². The predicted octanol–water partition coefficient (Wildman–Crippen LogP) is 5.69. The number of nitrogens with one attached hydrogen (secondary N) is 1. The fourth-order valence-electron chi connectivity index (χ4n) is 3.08. The van der Waals surface area contributed by atoms with Crippen molar-refractivity contribution in [3.05, 3.63) is 88.9 Å². The molecule has 3 aromatic carbocycles. The number of methoxy groups -OCH3 is 1. The fraction of sp³-hybridized carbons (Fsp3) is 0.208. The highest BCUT2D eigenvalue weighted by Gasteiger charge is 2.22. The summed E-state index contributed by atoms with van der Waals surface area (Å²) in [5.74, 6) is 0.930. The van der Waals surface area contributed by atoms with Crippen LogP contribution in [0.25, 0.3) is 0 Å². The molecular weight excluding hydrogens is 386 g/mol. The Bertz CT molecular complexity index is 969. The molecule has 0 aliphatic carbocycles. The number of carbonyl (C=O) groups excluding carboxylic acids is 1. The lowest BCUT2D eigenvalue weighted by atomic mass is 9.78. The molecule has 5 heteroatoms. The standard InChI is InChI=1S/C24H24ClNO3/c1-24(2,17-7-5-4-6-8-17)18-9-12-20(13-10-18)29-16-23(27)26-19-11-14-22(28-3)21(25)15-19/h4-15H,16H2,1-3H3,(H,26,27). The second kappa shape index (κ2) is 9.01. The molecule has 0 aliphatic heterocycles. The van der Waals surface area contributed by atoms with Crippen LogP contribution >= 0.6 is 11.6 Å². The smallest absolute Gasteiger partial charge is 0.262 e. The van der Waals surface area contributed by atoms with Crippen molar-refractivity contribution in [2.24, 2.45) is 0 Å². The molecule has 3 rings (SSSR count). The highest BCUT2D eigenvalue weighted by molar-refractivity contribution is 6.32. The lowest BCUT2D eigenvalue weighted by Gasteiger charge is -2.26. The molecule has 0 aromatic heterocycles. The van der Waals surface area contributed by atoms with E-state index in [1.807, 2.05) is 42.5 Å². The summed E-state index contributed by atoms with van der Waals surface area (Å²) in [7, 11) is 1.54. The van der Waals surface area contributed by atoms with Crippen molar-refractivity contribution in [1.29, 1.82) is 0 Å². The first kappa shape index (κ1) is 20.7. The molecule has 0 radical (unpaired) electrons. The molecule has 4 nitrogen and oxygen atoms in total. The number of rotatable bonds is 7. The van der Waals surface area contributed by atoms with E-state index >= 15 is 0 Å². The van der Waals surface area contributed by atoms with Crippen LogP contribution in [0.15, 0.2) is 72.8 Å². The molecule has 29 heavy (non-hydrogen) atoms. The Morgan fingerprint density at radius 2 is 1.62 bits per heavy atom. The lowest BCUT2D eigenvalue weighted by Crippen LogP contribution is -2.20. The van der Waals surface area contributed by atoms with Gasteiger partial charge in [-0.2, -0.15) is 0 Å². The first-order chi connectivity index (χ1) is 13.9. The van der Waals surface area contributed by atoms with Crippen molar-refractivity contribution >= 4 is 23.2 Å². The number of amides is 1. The minimum atomic E-state index is -0.264. The van der Waals surface area contributed by atoms with Gasteiger partial charge in [0.1, 0.15) is 11.5 Å². The van der Waals surface area contributed by atoms with E-state index in [1.165, 1.54) is 11.1 Å². The average molecular weight is 410 g/mol. The van der Waals surface area contributed by atoms with Gasteiger partial charge in [0.15, 0.2) is 6.61 Å². The first-order valence-corrected chi connectivity index (χ1v) is 9.70. The Kier molecular flexibility index (Phi) is 6.45. The van der Waals surface area contributed by atoms with Crippen LogP contribution < -0.4 is 14.8 Å². The largest absolute Gasteiger partial charge is 0.495 e. The molecule has 0 spiro atoms. The molecule has 1 N–H and O–H groups in total. The normalized spacial score (nSPS) is 11.0. The summed E-state index contributed by atoms with van der Waals surface area (Å²) in [6, 6.07) is 23.3. The van der Waals surface area contributed by atoms with Gasteiger partial charge in [0.2, 0.25) is 0 Å². The van der Waals surface area contributed by atoms with Crippen molar-refractivity contribution < 1.29 is 14.3 Å². The maximum atomic E-state index is 12.2. The van der Waals surface area contributed by atoms with Crippen LogP contribution in [-0.4, -0.2) is 19.6 Å². The monoisotopic (exact) mass is 409 g/mol. The molecular formula is C24H24ClNO3. The zero-order chi connectivity index (χ0) is 20.9. The number of carbonyl (C=O) groups is 1. The van der Waals surface area contributed by atoms with Crippen LogP contribution in [0.5, 0.6) is 11.5 Å². The van der Waals surface area contributed by atoms with Gasteiger partial charge in [-0.15, -0.1) is 0 Å². The maximum Gasteiger partial charge on any atom is 0.262 e. The zero-order valence-corrected chi connectivity index (χ0v) is 17.5. The number of anilines is 1. The Morgan fingerprint density at radius 1 is 0.966 bits per heavy atom. The minimum Gasteiger partial charge on any atom is -0.495 e. The van der Waals surface area contributed by atoms with Crippen molar-refractivity contribution in [2.45, 2.75) is 19.3 Å². The number of benzene rings is 3. The first-order valence-electron chi connectivity index (χ1n) is 9.32. The molecule has 0 fully saturated rings. The van der Waals surface area contributed by atoms with E-state index < -0.39 is 0 Å². The summed E-state index contributed by atoms with van der Waals surface area (Å²) >= 11 is 6.07. The van der Waals surface area contributed by atoms with Gasteiger partial charge in [-0.25, -0.2) is 0 Å². The van der Waals surface area contributed by atoms with Gasteiger partial charge in [-0.3, -0.25) is 4.79 Å². The van der Waals surface area contributed by atoms with E-state index in [0.29, 0.717) is 22.2 Å². The summed E-state index contributed by atoms with van der Waals surface area (Å²) in [6.07, 6.45) is 0. The molecule has 0 unspecified atom stereocenters. The van der Waals surface area contributed by atoms with Crippen LogP contribution in [0.3, 0.4) is 0 Å². The summed E-state index contributed by atoms with van der Waals surface area (Å²) in [6.45, 7) is 4.28. The van der Waals surface area contributed by atoms with Crippen molar-refractivity contribution in [2.75, 3.05) is 19.0 Å². The molecule has 0 bridgehead atoms. The third kappa shape index (κ3) is 5.09. The van der Waals surface area contributed by atoms with Crippen molar-refractivity contribution in [1.82, 2.24) is 0 Å². The topological polar surface area (TPSA) is 47.6 Å². The van der Waals surface area contributed by atoms with E-state index in [1.54, 1.807) is 25.3 Å². The van der Waals surface area contributed by atoms with Gasteiger partial charge in [0.25, 0.3) is 5.91 Å². The van der Waals surface area contributed by atoms with Crippen LogP contribution in [-0.2, 0) is 10.2 Å². The molecule has 150 valence electrons. The maximum absolute atomic E-state index is 12.2. The Balaban J connectivity index is 1.59. The fourth-order valence-corrected chi connectivity index (χ4v) is 3.34. The molecule has 0 heterocycles. The van der Waals surface area contributed by atoms with Crippen LogP contribution in [0.1, 0.15) is 25.0 Å². The van der Waals surface area contributed by atoms with Gasteiger partial charge in [-0.1, -0.05) is 67.9 Å². The molecule has 3 aromatic rings. The lowest BCUT2D eigenvalue weighted by molar-refractivity contribution is -0.118. The van der Waals surface area contributed by atoms with Crippen LogP contribution in [0, 0.1) is 0 Å². The van der Waals surface area contributed by atoms with Gasteiger partial charge in [0, 0.05) is 11.1 Å². The molecule has 0 saturated heterocycles. The third-order valence-electron chi connectivity index (χ3n) is 4.88. The summed E-state index contributed by atoms with van der Waals surface area (Å²) < 4.78 is 10.7. The van der Waals surface area contributed by atoms with Crippen LogP contribution in [0.4, 0.5) is 5.69 Å². The molecule has 0 atom stereocenters. The molecule has 1 amide bonds. The highest BCUT2D eigenvalue weighted by atomic mass is 35.5. The summed E-state index contributed by atoms with van der Waals surface area (Å²) in [5.41, 5.74) is 2.88. The highest BCUT2D eigenvalue weighted by Crippen LogP contribution is 2.32. The van der Waals surface area contributed by atoms with E-state index in [2.05, 4.69) is 31.3 Å². The van der Waals surface area contributed by atoms with Crippen molar-refractivity contribution in [3.8, 4) is 11.5 Å². The Morgan fingerprint density at radius 3 is 2.24 bits per heavy atom. The summed E-state index contributed by atoms with van der Waals surface area (Å²) in [4.78, 5) is 12.2. The molecule has 0 saturated carbocycles. The van der Waals surface area contributed by atoms with Gasteiger partial charge in [-0.05, 0) is 41.5 Å². The second-order valence-corrected chi connectivity index (χ2v) is 7.61. The number of ether oxygens (including phenoxy) is 2. The quantitative estimate of drug-likeness (QED) is 0.545.